The number of rotatable bonds is 2. The Hall–Kier alpha value is -0.360. The molecule has 1 aromatic rings. The van der Waals surface area contributed by atoms with Crippen molar-refractivity contribution in [3.63, 3.8) is 0 Å². The van der Waals surface area contributed by atoms with E-state index >= 15 is 0 Å². The Morgan fingerprint density at radius 1 is 0.895 bits per heavy atom. The fourth-order valence-electron chi connectivity index (χ4n) is 1.92. The van der Waals surface area contributed by atoms with Crippen LogP contribution in [0.4, 0.5) is 0 Å². The van der Waals surface area contributed by atoms with E-state index in [-0.39, 0.29) is 13.1 Å². The molecule has 19 heavy (non-hydrogen) atoms. The summed E-state index contributed by atoms with van der Waals surface area (Å²) in [6, 6.07) is 8.81. The van der Waals surface area contributed by atoms with Gasteiger partial charge in [0.05, 0.1) is 0 Å². The SMILES string of the molecule is C#CP(c1ccccc1P(C)C(C)(C)C)C(C)(C)C. The zero-order valence-corrected chi connectivity index (χ0v) is 15.1. The van der Waals surface area contributed by atoms with E-state index in [9.17, 15) is 0 Å². The summed E-state index contributed by atoms with van der Waals surface area (Å²) in [5.41, 5.74) is 3.08. The maximum absolute atomic E-state index is 5.86. The van der Waals surface area contributed by atoms with Gasteiger partial charge in [-0.3, -0.25) is 0 Å². The Balaban J connectivity index is 3.35. The van der Waals surface area contributed by atoms with Crippen molar-refractivity contribution in [3.8, 4) is 12.1 Å². The standard InChI is InChI=1S/C17H26P2/c1-9-19(17(5,6)7)15-13-11-10-12-14(15)18(8)16(2,3)4/h1,10-13H,2-8H3. The van der Waals surface area contributed by atoms with Crippen LogP contribution in [0.15, 0.2) is 24.3 Å². The highest BCUT2D eigenvalue weighted by Gasteiger charge is 2.30. The van der Waals surface area contributed by atoms with E-state index in [1.807, 2.05) is 0 Å². The van der Waals surface area contributed by atoms with Crippen molar-refractivity contribution in [3.05, 3.63) is 24.3 Å². The number of terminal acetylenes is 1. The van der Waals surface area contributed by atoms with Gasteiger partial charge in [0.2, 0.25) is 0 Å². The van der Waals surface area contributed by atoms with E-state index in [1.54, 1.807) is 0 Å². The van der Waals surface area contributed by atoms with E-state index in [2.05, 4.69) is 78.1 Å². The molecule has 0 aromatic heterocycles. The topological polar surface area (TPSA) is 0 Å². The van der Waals surface area contributed by atoms with Gasteiger partial charge in [0.25, 0.3) is 0 Å². The molecule has 1 aromatic carbocycles. The summed E-state index contributed by atoms with van der Waals surface area (Å²) >= 11 is 0. The first-order valence-electron chi connectivity index (χ1n) is 6.68. The lowest BCUT2D eigenvalue weighted by Gasteiger charge is -2.34. The van der Waals surface area contributed by atoms with Crippen LogP contribution in [0, 0.1) is 12.1 Å². The molecule has 2 atom stereocenters. The molecule has 2 unspecified atom stereocenters. The molecular formula is C17H26P2. The second-order valence-electron chi connectivity index (χ2n) is 6.85. The predicted molar refractivity (Wildman–Crippen MR) is 93.8 cm³/mol. The third kappa shape index (κ3) is 4.05. The van der Waals surface area contributed by atoms with E-state index < -0.39 is 7.92 Å². The summed E-state index contributed by atoms with van der Waals surface area (Å²) in [6.45, 7) is 16.1. The zero-order valence-electron chi connectivity index (χ0n) is 13.3. The molecule has 0 aliphatic heterocycles. The van der Waals surface area contributed by atoms with Crippen LogP contribution in [0.25, 0.3) is 0 Å². The number of hydrogen-bond acceptors (Lipinski definition) is 0. The molecule has 0 N–H and O–H groups in total. The predicted octanol–water partition coefficient (Wildman–Crippen LogP) is 4.72. The monoisotopic (exact) mass is 292 g/mol. The van der Waals surface area contributed by atoms with Gasteiger partial charge in [0, 0.05) is 7.92 Å². The normalized spacial score (nSPS) is 15.7. The lowest BCUT2D eigenvalue weighted by atomic mass is 10.2. The van der Waals surface area contributed by atoms with Crippen LogP contribution >= 0.6 is 15.8 Å². The van der Waals surface area contributed by atoms with Crippen molar-refractivity contribution in [2.75, 3.05) is 6.66 Å². The van der Waals surface area contributed by atoms with Crippen molar-refractivity contribution in [1.29, 1.82) is 0 Å². The minimum absolute atomic E-state index is 0.161. The van der Waals surface area contributed by atoms with Gasteiger partial charge < -0.3 is 0 Å². The zero-order chi connectivity index (χ0) is 14.8. The second-order valence-corrected chi connectivity index (χ2v) is 12.5. The van der Waals surface area contributed by atoms with Crippen LogP contribution < -0.4 is 10.6 Å². The van der Waals surface area contributed by atoms with Crippen LogP contribution in [-0.2, 0) is 0 Å². The molecule has 0 radical (unpaired) electrons. The summed E-state index contributed by atoms with van der Waals surface area (Å²) in [7, 11) is -0.753. The maximum Gasteiger partial charge on any atom is 0.00917 e. The first-order valence-corrected chi connectivity index (χ1v) is 9.81. The molecule has 104 valence electrons. The lowest BCUT2D eigenvalue weighted by Crippen LogP contribution is -2.31. The highest BCUT2D eigenvalue weighted by Crippen LogP contribution is 2.51. The molecule has 2 heteroatoms. The number of hydrogen-bond donors (Lipinski definition) is 0. The molecule has 1 rings (SSSR count). The smallest absolute Gasteiger partial charge is 0.00917 e. The van der Waals surface area contributed by atoms with Crippen LogP contribution in [0.2, 0.25) is 0 Å². The fraction of sp³-hybridized carbons (Fsp3) is 0.529. The second kappa shape index (κ2) is 5.95. The third-order valence-corrected chi connectivity index (χ3v) is 9.06. The van der Waals surface area contributed by atoms with Gasteiger partial charge in [-0.1, -0.05) is 79.4 Å². The first kappa shape index (κ1) is 16.7. The van der Waals surface area contributed by atoms with E-state index in [0.717, 1.165) is 0 Å². The van der Waals surface area contributed by atoms with Gasteiger partial charge in [0.15, 0.2) is 0 Å². The lowest BCUT2D eigenvalue weighted by molar-refractivity contribution is 0.790. The molecule has 0 amide bonds. The summed E-state index contributed by atoms with van der Waals surface area (Å²) in [5.74, 6) is 0. The summed E-state index contributed by atoms with van der Waals surface area (Å²) < 4.78 is 0. The van der Waals surface area contributed by atoms with Gasteiger partial charge in [-0.25, -0.2) is 0 Å². The molecule has 0 fully saturated rings. The largest absolute Gasteiger partial charge is 0.115 e. The summed E-state index contributed by atoms with van der Waals surface area (Å²) in [4.78, 5) is 0. The van der Waals surface area contributed by atoms with Gasteiger partial charge >= 0.3 is 0 Å². The van der Waals surface area contributed by atoms with Crippen LogP contribution in [0.1, 0.15) is 41.5 Å². The minimum Gasteiger partial charge on any atom is -0.115 e. The highest BCUT2D eigenvalue weighted by molar-refractivity contribution is 7.75. The average molecular weight is 292 g/mol. The number of benzene rings is 1. The average Bonchev–Trinajstić information content (AvgIpc) is 2.26. The van der Waals surface area contributed by atoms with Gasteiger partial charge in [-0.2, -0.15) is 0 Å². The van der Waals surface area contributed by atoms with Crippen LogP contribution in [0.3, 0.4) is 0 Å². The third-order valence-electron chi connectivity index (χ3n) is 3.29. The van der Waals surface area contributed by atoms with E-state index in [0.29, 0.717) is 5.16 Å². The Labute approximate surface area is 121 Å². The highest BCUT2D eigenvalue weighted by atomic mass is 31.1. The molecule has 0 aliphatic rings. The Morgan fingerprint density at radius 2 is 1.37 bits per heavy atom. The Bertz CT molecular complexity index is 469. The molecule has 0 nitrogen and oxygen atoms in total. The van der Waals surface area contributed by atoms with Crippen molar-refractivity contribution >= 4 is 26.5 Å². The molecule has 0 saturated carbocycles. The molecule has 0 bridgehead atoms. The maximum atomic E-state index is 5.86. The van der Waals surface area contributed by atoms with Crippen LogP contribution in [0.5, 0.6) is 0 Å². The first-order chi connectivity index (χ1) is 8.59. The molecular weight excluding hydrogens is 266 g/mol. The molecule has 0 aliphatic carbocycles. The quantitative estimate of drug-likeness (QED) is 0.546. The molecule has 0 saturated heterocycles. The minimum atomic E-state index is -0.551. The Morgan fingerprint density at radius 3 is 1.74 bits per heavy atom. The van der Waals surface area contributed by atoms with E-state index in [4.69, 9.17) is 6.42 Å². The van der Waals surface area contributed by atoms with Crippen molar-refractivity contribution in [1.82, 2.24) is 0 Å². The van der Waals surface area contributed by atoms with Gasteiger partial charge in [-0.15, -0.1) is 6.42 Å². The summed E-state index contributed by atoms with van der Waals surface area (Å²) in [6.07, 6.45) is 5.86. The van der Waals surface area contributed by atoms with Gasteiger partial charge in [0.1, 0.15) is 0 Å². The van der Waals surface area contributed by atoms with Crippen molar-refractivity contribution in [2.45, 2.75) is 51.9 Å². The van der Waals surface area contributed by atoms with Gasteiger partial charge in [-0.05, 0) is 27.6 Å². The Kier molecular flexibility index (Phi) is 5.23. The molecule has 0 heterocycles. The van der Waals surface area contributed by atoms with E-state index in [1.165, 1.54) is 10.6 Å². The fourth-order valence-corrected chi connectivity index (χ4v) is 5.91. The van der Waals surface area contributed by atoms with Crippen molar-refractivity contribution in [2.24, 2.45) is 0 Å². The van der Waals surface area contributed by atoms with Crippen LogP contribution in [-0.4, -0.2) is 17.0 Å². The molecule has 0 spiro atoms. The van der Waals surface area contributed by atoms with Crippen molar-refractivity contribution < 1.29 is 0 Å². The summed E-state index contributed by atoms with van der Waals surface area (Å²) in [5, 5.41) is 3.38.